The van der Waals surface area contributed by atoms with Crippen LogP contribution >= 0.6 is 7.82 Å². The Labute approximate surface area is 220 Å². The number of nitrogens with zero attached hydrogens (tertiary/aromatic N) is 2. The molecule has 8 nitrogen and oxygen atoms in total. The summed E-state index contributed by atoms with van der Waals surface area (Å²) in [6.45, 7) is 15.8. The number of amides is 1. The van der Waals surface area contributed by atoms with Crippen molar-refractivity contribution in [3.63, 3.8) is 0 Å². The van der Waals surface area contributed by atoms with Crippen molar-refractivity contribution in [1.29, 1.82) is 0 Å². The zero-order valence-corrected chi connectivity index (χ0v) is 22.3. The van der Waals surface area contributed by atoms with Crippen molar-refractivity contribution in [1.82, 2.24) is 5.32 Å². The minimum atomic E-state index is -4.19. The SMILES string of the molecule is [C-]#[N+]CCOP(=O)(OCC[N+]#[C-])OC(c1ccccc1)C(NC(=O)CCCCCCC)c1ccccc1. The molecule has 1 amide bonds. The monoisotopic (exact) mass is 525 g/mol. The minimum Gasteiger partial charge on any atom is -0.346 e. The normalized spacial score (nSPS) is 12.7. The van der Waals surface area contributed by atoms with Gasteiger partial charge in [-0.25, -0.2) is 17.7 Å². The third-order valence-corrected chi connectivity index (χ3v) is 7.04. The standard InChI is InChI=1S/C28H36N3O5P/c1-4-5-6-7-14-19-26(32)31-27(24-15-10-8-11-16-24)28(25-17-12-9-13-18-25)36-37(33,34-22-20-29-2)35-23-21-30-3/h8-13,15-18,27-28H,4-7,14,19-23H2,1H3,(H,31,32). The van der Waals surface area contributed by atoms with Gasteiger partial charge in [0.25, 0.3) is 0 Å². The lowest BCUT2D eigenvalue weighted by Crippen LogP contribution is -2.33. The number of carbonyl (C=O) groups excluding carboxylic acids is 1. The second kappa shape index (κ2) is 17.5. The maximum atomic E-state index is 13.7. The van der Waals surface area contributed by atoms with Gasteiger partial charge >= 0.3 is 7.82 Å². The Bertz CT molecular complexity index is 1030. The molecular formula is C28H36N3O5P. The number of phosphoric acid groups is 1. The van der Waals surface area contributed by atoms with Crippen LogP contribution in [0.4, 0.5) is 0 Å². The Hall–Kier alpha value is -3.00. The Balaban J connectivity index is 2.36. The third-order valence-electron chi connectivity index (χ3n) is 5.56. The summed E-state index contributed by atoms with van der Waals surface area (Å²) in [5, 5.41) is 3.09. The Morgan fingerprint density at radius 1 is 0.865 bits per heavy atom. The zero-order chi connectivity index (χ0) is 26.8. The number of rotatable bonds is 18. The molecule has 2 aromatic rings. The fraction of sp³-hybridized carbons (Fsp3) is 0.464. The van der Waals surface area contributed by atoms with Crippen molar-refractivity contribution in [2.45, 2.75) is 57.6 Å². The molecule has 2 rings (SSSR count). The summed E-state index contributed by atoms with van der Waals surface area (Å²) in [5.41, 5.74) is 1.44. The first-order valence-electron chi connectivity index (χ1n) is 12.7. The maximum Gasteiger partial charge on any atom is 0.476 e. The highest BCUT2D eigenvalue weighted by Gasteiger charge is 2.37. The molecule has 0 saturated heterocycles. The van der Waals surface area contributed by atoms with Gasteiger partial charge in [-0.3, -0.25) is 18.4 Å². The van der Waals surface area contributed by atoms with E-state index in [-0.39, 0.29) is 32.2 Å². The molecule has 0 bridgehead atoms. The molecule has 2 aromatic carbocycles. The number of unbranched alkanes of at least 4 members (excludes halogenated alkanes) is 4. The van der Waals surface area contributed by atoms with E-state index in [1.807, 2.05) is 60.7 Å². The quantitative estimate of drug-likeness (QED) is 0.129. The highest BCUT2D eigenvalue weighted by Crippen LogP contribution is 2.55. The van der Waals surface area contributed by atoms with Crippen LogP contribution in [0, 0.1) is 13.1 Å². The summed E-state index contributed by atoms with van der Waals surface area (Å²) in [5.74, 6) is -0.132. The molecular weight excluding hydrogens is 489 g/mol. The smallest absolute Gasteiger partial charge is 0.346 e. The van der Waals surface area contributed by atoms with Crippen LogP contribution in [0.5, 0.6) is 0 Å². The average Bonchev–Trinajstić information content (AvgIpc) is 2.92. The van der Waals surface area contributed by atoms with E-state index in [4.69, 9.17) is 26.7 Å². The predicted molar refractivity (Wildman–Crippen MR) is 143 cm³/mol. The van der Waals surface area contributed by atoms with E-state index in [1.165, 1.54) is 0 Å². The molecule has 9 heteroatoms. The Morgan fingerprint density at radius 3 is 1.95 bits per heavy atom. The van der Waals surface area contributed by atoms with E-state index < -0.39 is 20.0 Å². The number of carbonyl (C=O) groups is 1. The molecule has 0 aliphatic rings. The van der Waals surface area contributed by atoms with Crippen LogP contribution < -0.4 is 5.32 Å². The lowest BCUT2D eigenvalue weighted by molar-refractivity contribution is -0.122. The van der Waals surface area contributed by atoms with E-state index >= 15 is 0 Å². The van der Waals surface area contributed by atoms with E-state index in [0.717, 1.165) is 37.7 Å². The molecule has 2 unspecified atom stereocenters. The van der Waals surface area contributed by atoms with Gasteiger partial charge in [0.2, 0.25) is 19.0 Å². The lowest BCUT2D eigenvalue weighted by atomic mass is 9.95. The molecule has 2 atom stereocenters. The van der Waals surface area contributed by atoms with Crippen molar-refractivity contribution < 1.29 is 22.9 Å². The predicted octanol–water partition coefficient (Wildman–Crippen LogP) is 6.94. The molecule has 1 N–H and O–H groups in total. The van der Waals surface area contributed by atoms with Crippen LogP contribution in [0.1, 0.15) is 68.7 Å². The molecule has 0 aromatic heterocycles. The molecule has 37 heavy (non-hydrogen) atoms. The first-order chi connectivity index (χ1) is 18.0. The van der Waals surface area contributed by atoms with Gasteiger partial charge in [0.15, 0.2) is 0 Å². The first kappa shape index (κ1) is 30.2. The minimum absolute atomic E-state index is 0.0214. The van der Waals surface area contributed by atoms with Gasteiger partial charge in [0.1, 0.15) is 19.3 Å². The molecule has 0 radical (unpaired) electrons. The molecule has 0 heterocycles. The van der Waals surface area contributed by atoms with E-state index in [1.54, 1.807) is 0 Å². The maximum absolute atomic E-state index is 13.7. The molecule has 0 spiro atoms. The molecule has 0 aliphatic heterocycles. The number of benzene rings is 2. The van der Waals surface area contributed by atoms with Crippen LogP contribution in [0.15, 0.2) is 60.7 Å². The summed E-state index contributed by atoms with van der Waals surface area (Å²) in [4.78, 5) is 19.5. The highest BCUT2D eigenvalue weighted by molar-refractivity contribution is 7.48. The van der Waals surface area contributed by atoms with Gasteiger partial charge in [-0.2, -0.15) is 0 Å². The van der Waals surface area contributed by atoms with Gasteiger partial charge < -0.3 is 15.0 Å². The van der Waals surface area contributed by atoms with Gasteiger partial charge in [-0.05, 0) is 17.5 Å². The summed E-state index contributed by atoms with van der Waals surface area (Å²) >= 11 is 0. The molecule has 198 valence electrons. The topological polar surface area (TPSA) is 82.6 Å². The summed E-state index contributed by atoms with van der Waals surface area (Å²) in [6.07, 6.45) is 4.59. The summed E-state index contributed by atoms with van der Waals surface area (Å²) in [6, 6.07) is 17.8. The van der Waals surface area contributed by atoms with Crippen molar-refractivity contribution in [3.8, 4) is 0 Å². The summed E-state index contributed by atoms with van der Waals surface area (Å²) in [7, 11) is -4.19. The van der Waals surface area contributed by atoms with Crippen molar-refractivity contribution in [2.75, 3.05) is 26.3 Å². The largest absolute Gasteiger partial charge is 0.476 e. The van der Waals surface area contributed by atoms with Gasteiger partial charge in [-0.1, -0.05) is 93.3 Å². The second-order valence-corrected chi connectivity index (χ2v) is 10.1. The van der Waals surface area contributed by atoms with Crippen LogP contribution in [-0.2, 0) is 22.9 Å². The van der Waals surface area contributed by atoms with Crippen molar-refractivity contribution >= 4 is 13.7 Å². The third kappa shape index (κ3) is 11.3. The number of hydrogen-bond donors (Lipinski definition) is 1. The highest BCUT2D eigenvalue weighted by atomic mass is 31.2. The number of phosphoric ester groups is 1. The zero-order valence-electron chi connectivity index (χ0n) is 21.4. The van der Waals surface area contributed by atoms with Crippen LogP contribution in [-0.4, -0.2) is 32.2 Å². The van der Waals surface area contributed by atoms with Crippen molar-refractivity contribution in [3.05, 3.63) is 94.6 Å². The van der Waals surface area contributed by atoms with Crippen LogP contribution in [0.3, 0.4) is 0 Å². The Morgan fingerprint density at radius 2 is 1.41 bits per heavy atom. The molecule has 0 saturated carbocycles. The van der Waals surface area contributed by atoms with E-state index in [9.17, 15) is 9.36 Å². The van der Waals surface area contributed by atoms with Gasteiger partial charge in [0.05, 0.1) is 6.04 Å². The number of nitrogens with one attached hydrogen (secondary N) is 1. The first-order valence-corrected chi connectivity index (χ1v) is 14.1. The fourth-order valence-electron chi connectivity index (χ4n) is 3.72. The van der Waals surface area contributed by atoms with Crippen molar-refractivity contribution in [2.24, 2.45) is 0 Å². The van der Waals surface area contributed by atoms with Crippen LogP contribution in [0.2, 0.25) is 0 Å². The van der Waals surface area contributed by atoms with Crippen LogP contribution in [0.25, 0.3) is 9.69 Å². The second-order valence-electron chi connectivity index (χ2n) is 8.43. The fourth-order valence-corrected chi connectivity index (χ4v) is 5.05. The van der Waals surface area contributed by atoms with E-state index in [0.29, 0.717) is 12.0 Å². The average molecular weight is 526 g/mol. The molecule has 0 aliphatic carbocycles. The lowest BCUT2D eigenvalue weighted by Gasteiger charge is -2.31. The molecule has 0 fully saturated rings. The van der Waals surface area contributed by atoms with Gasteiger partial charge in [0, 0.05) is 6.42 Å². The number of hydrogen-bond acceptors (Lipinski definition) is 5. The Kier molecular flexibility index (Phi) is 14.3. The summed E-state index contributed by atoms with van der Waals surface area (Å²) < 4.78 is 30.6. The van der Waals surface area contributed by atoms with E-state index in [2.05, 4.69) is 21.9 Å². The van der Waals surface area contributed by atoms with Gasteiger partial charge in [-0.15, -0.1) is 0 Å².